The Morgan fingerprint density at radius 3 is 2.83 bits per heavy atom. The minimum absolute atomic E-state index is 0.0469. The molecule has 1 aromatic carbocycles. The number of aromatic nitrogens is 1. The molecule has 0 amide bonds. The first-order chi connectivity index (χ1) is 11.0. The molecule has 0 bridgehead atoms. The van der Waals surface area contributed by atoms with Crippen molar-refractivity contribution in [3.05, 3.63) is 51.4 Å². The van der Waals surface area contributed by atoms with E-state index in [1.165, 1.54) is 13.0 Å². The summed E-state index contributed by atoms with van der Waals surface area (Å²) in [5.74, 6) is 0.526. The van der Waals surface area contributed by atoms with Crippen molar-refractivity contribution in [3.8, 4) is 0 Å². The van der Waals surface area contributed by atoms with Crippen molar-refractivity contribution in [1.29, 1.82) is 0 Å². The highest BCUT2D eigenvalue weighted by Gasteiger charge is 2.32. The van der Waals surface area contributed by atoms with Crippen LogP contribution in [0.3, 0.4) is 0 Å². The maximum atomic E-state index is 11.5. The number of hydrogen-bond donors (Lipinski definition) is 0. The summed E-state index contributed by atoms with van der Waals surface area (Å²) in [6.45, 7) is 3.92. The summed E-state index contributed by atoms with van der Waals surface area (Å²) < 4.78 is 5.13. The average Bonchev–Trinajstić information content (AvgIpc) is 3.14. The molecule has 0 N–H and O–H groups in total. The van der Waals surface area contributed by atoms with Crippen molar-refractivity contribution < 1.29 is 14.2 Å². The van der Waals surface area contributed by atoms with Crippen LogP contribution >= 0.6 is 0 Å². The molecular weight excluding hydrogens is 298 g/mol. The highest BCUT2D eigenvalue weighted by molar-refractivity contribution is 5.95. The van der Waals surface area contributed by atoms with Crippen LogP contribution in [-0.4, -0.2) is 22.4 Å². The molecule has 2 aromatic rings. The van der Waals surface area contributed by atoms with Crippen molar-refractivity contribution in [2.45, 2.75) is 32.7 Å². The topological polar surface area (TPSA) is 89.5 Å². The minimum atomic E-state index is -0.439. The third kappa shape index (κ3) is 2.81. The Morgan fingerprint density at radius 1 is 1.43 bits per heavy atom. The smallest absolute Gasteiger partial charge is 0.293 e. The van der Waals surface area contributed by atoms with Gasteiger partial charge in [-0.05, 0) is 38.8 Å². The van der Waals surface area contributed by atoms with Crippen LogP contribution in [0.5, 0.6) is 0 Å². The number of nitro benzene ring substituents is 1. The molecule has 7 heteroatoms. The summed E-state index contributed by atoms with van der Waals surface area (Å²) >= 11 is 0. The molecule has 0 aliphatic carbocycles. The number of hydrogen-bond acceptors (Lipinski definition) is 6. The van der Waals surface area contributed by atoms with Gasteiger partial charge in [0, 0.05) is 24.2 Å². The molecular formula is C16H17N3O4. The quantitative estimate of drug-likeness (QED) is 0.488. The van der Waals surface area contributed by atoms with E-state index in [9.17, 15) is 14.9 Å². The second-order valence-electron chi connectivity index (χ2n) is 5.73. The standard InChI is InChI=1S/C16H17N3O4/c1-10-8-13(17-23-10)14-4-3-7-18(14)15-6-5-12(11(2)20)9-16(15)19(21)22/h5-6,8-9,14H,3-4,7H2,1-2H3/t14-/m1/s1. The molecule has 2 heterocycles. The highest BCUT2D eigenvalue weighted by atomic mass is 16.6. The molecule has 3 rings (SSSR count). The van der Waals surface area contributed by atoms with E-state index >= 15 is 0 Å². The Balaban J connectivity index is 2.02. The zero-order chi connectivity index (χ0) is 16.6. The van der Waals surface area contributed by atoms with E-state index in [-0.39, 0.29) is 17.5 Å². The predicted octanol–water partition coefficient (Wildman–Crippen LogP) is 3.44. The summed E-state index contributed by atoms with van der Waals surface area (Å²) in [7, 11) is 0. The number of benzene rings is 1. The zero-order valence-corrected chi connectivity index (χ0v) is 13.0. The van der Waals surface area contributed by atoms with Crippen LogP contribution in [0, 0.1) is 17.0 Å². The first-order valence-corrected chi connectivity index (χ1v) is 7.46. The maximum Gasteiger partial charge on any atom is 0.293 e. The third-order valence-electron chi connectivity index (χ3n) is 4.13. The van der Waals surface area contributed by atoms with Gasteiger partial charge < -0.3 is 9.42 Å². The number of ketones is 1. The van der Waals surface area contributed by atoms with E-state index in [2.05, 4.69) is 5.16 Å². The van der Waals surface area contributed by atoms with Gasteiger partial charge in [-0.3, -0.25) is 14.9 Å². The van der Waals surface area contributed by atoms with Crippen LogP contribution in [0.4, 0.5) is 11.4 Å². The Morgan fingerprint density at radius 2 is 2.22 bits per heavy atom. The number of nitrogens with zero attached hydrogens (tertiary/aromatic N) is 3. The molecule has 0 saturated carbocycles. The molecule has 1 aliphatic heterocycles. The summed E-state index contributed by atoms with van der Waals surface area (Å²) in [5.41, 5.74) is 1.59. The predicted molar refractivity (Wildman–Crippen MR) is 83.7 cm³/mol. The molecule has 120 valence electrons. The summed E-state index contributed by atoms with van der Waals surface area (Å²) in [4.78, 5) is 24.4. The van der Waals surface area contributed by atoms with Crippen LogP contribution in [-0.2, 0) is 0 Å². The van der Waals surface area contributed by atoms with Crippen LogP contribution in [0.15, 0.2) is 28.8 Å². The lowest BCUT2D eigenvalue weighted by atomic mass is 10.1. The number of Topliss-reactive ketones (excluding diaryl/α,β-unsaturated/α-hetero) is 1. The number of anilines is 1. The second-order valence-corrected chi connectivity index (χ2v) is 5.73. The van der Waals surface area contributed by atoms with E-state index in [1.54, 1.807) is 12.1 Å². The molecule has 0 radical (unpaired) electrons. The van der Waals surface area contributed by atoms with Gasteiger partial charge in [0.1, 0.15) is 17.1 Å². The lowest BCUT2D eigenvalue weighted by Gasteiger charge is -2.25. The average molecular weight is 315 g/mol. The van der Waals surface area contributed by atoms with Crippen molar-refractivity contribution in [3.63, 3.8) is 0 Å². The Bertz CT molecular complexity index is 768. The van der Waals surface area contributed by atoms with Crippen molar-refractivity contribution in [2.24, 2.45) is 0 Å². The molecule has 7 nitrogen and oxygen atoms in total. The molecule has 0 unspecified atom stereocenters. The summed E-state index contributed by atoms with van der Waals surface area (Å²) in [5, 5.41) is 15.5. The van der Waals surface area contributed by atoms with Gasteiger partial charge in [-0.2, -0.15) is 0 Å². The van der Waals surface area contributed by atoms with Gasteiger partial charge in [-0.25, -0.2) is 0 Å². The molecule has 1 saturated heterocycles. The van der Waals surface area contributed by atoms with Gasteiger partial charge in [-0.1, -0.05) is 5.16 Å². The van der Waals surface area contributed by atoms with E-state index in [0.29, 0.717) is 23.6 Å². The number of carbonyl (C=O) groups is 1. The van der Waals surface area contributed by atoms with Gasteiger partial charge >= 0.3 is 0 Å². The van der Waals surface area contributed by atoms with Gasteiger partial charge in [0.05, 0.1) is 11.0 Å². The van der Waals surface area contributed by atoms with Gasteiger partial charge in [0.2, 0.25) is 0 Å². The van der Waals surface area contributed by atoms with Crippen LogP contribution in [0.25, 0.3) is 0 Å². The Hall–Kier alpha value is -2.70. The first kappa shape index (κ1) is 15.2. The lowest BCUT2D eigenvalue weighted by Crippen LogP contribution is -2.23. The van der Waals surface area contributed by atoms with Crippen LogP contribution < -0.4 is 4.90 Å². The molecule has 0 spiro atoms. The maximum absolute atomic E-state index is 11.5. The SMILES string of the molecule is CC(=O)c1ccc(N2CCC[C@@H]2c2cc(C)on2)c([N+](=O)[O-])c1. The fourth-order valence-corrected chi connectivity index (χ4v) is 3.04. The fourth-order valence-electron chi connectivity index (χ4n) is 3.04. The minimum Gasteiger partial charge on any atom is -0.361 e. The largest absolute Gasteiger partial charge is 0.361 e. The van der Waals surface area contributed by atoms with Crippen molar-refractivity contribution in [1.82, 2.24) is 5.16 Å². The normalized spacial score (nSPS) is 17.5. The molecule has 23 heavy (non-hydrogen) atoms. The van der Waals surface area contributed by atoms with Crippen molar-refractivity contribution >= 4 is 17.2 Å². The highest BCUT2D eigenvalue weighted by Crippen LogP contribution is 2.40. The monoisotopic (exact) mass is 315 g/mol. The molecule has 1 atom stereocenters. The third-order valence-corrected chi connectivity index (χ3v) is 4.13. The Labute approximate surface area is 133 Å². The molecule has 1 aromatic heterocycles. The number of nitro groups is 1. The number of rotatable bonds is 4. The van der Waals surface area contributed by atoms with Gasteiger partial charge in [-0.15, -0.1) is 0 Å². The summed E-state index contributed by atoms with van der Waals surface area (Å²) in [6, 6.07) is 6.45. The number of carbonyl (C=O) groups excluding carboxylic acids is 1. The molecule has 1 aliphatic rings. The van der Waals surface area contributed by atoms with E-state index in [0.717, 1.165) is 18.5 Å². The van der Waals surface area contributed by atoms with E-state index < -0.39 is 4.92 Å². The first-order valence-electron chi connectivity index (χ1n) is 7.46. The lowest BCUT2D eigenvalue weighted by molar-refractivity contribution is -0.384. The summed E-state index contributed by atoms with van der Waals surface area (Å²) in [6.07, 6.45) is 1.78. The van der Waals surface area contributed by atoms with E-state index in [4.69, 9.17) is 4.52 Å². The van der Waals surface area contributed by atoms with Gasteiger partial charge in [0.25, 0.3) is 5.69 Å². The zero-order valence-electron chi connectivity index (χ0n) is 13.0. The van der Waals surface area contributed by atoms with Crippen LogP contribution in [0.2, 0.25) is 0 Å². The fraction of sp³-hybridized carbons (Fsp3) is 0.375. The molecule has 1 fully saturated rings. The second kappa shape index (κ2) is 5.83. The number of aryl methyl sites for hydroxylation is 1. The van der Waals surface area contributed by atoms with Crippen LogP contribution in [0.1, 0.15) is 47.6 Å². The van der Waals surface area contributed by atoms with Gasteiger partial charge in [0.15, 0.2) is 5.78 Å². The van der Waals surface area contributed by atoms with E-state index in [1.807, 2.05) is 17.9 Å². The van der Waals surface area contributed by atoms with Crippen molar-refractivity contribution in [2.75, 3.05) is 11.4 Å². The Kier molecular flexibility index (Phi) is 3.85.